The van der Waals surface area contributed by atoms with Crippen LogP contribution in [0.15, 0.2) is 60.7 Å². The Bertz CT molecular complexity index is 1080. The minimum absolute atomic E-state index is 0.0647. The van der Waals surface area contributed by atoms with Crippen molar-refractivity contribution < 1.29 is 14.3 Å². The molecule has 0 N–H and O–H groups in total. The molecule has 0 radical (unpaired) electrons. The van der Waals surface area contributed by atoms with Gasteiger partial charge in [0.05, 0.1) is 24.3 Å². The molecule has 0 spiro atoms. The van der Waals surface area contributed by atoms with E-state index in [2.05, 4.69) is 9.80 Å². The summed E-state index contributed by atoms with van der Waals surface area (Å²) >= 11 is 0. The number of carbonyl (C=O) groups is 1. The Morgan fingerprint density at radius 1 is 0.909 bits per heavy atom. The number of rotatable bonds is 6. The van der Waals surface area contributed by atoms with Crippen LogP contribution in [-0.4, -0.2) is 86.3 Å². The van der Waals surface area contributed by atoms with E-state index in [1.807, 2.05) is 65.6 Å². The van der Waals surface area contributed by atoms with E-state index in [0.717, 1.165) is 60.8 Å². The van der Waals surface area contributed by atoms with Crippen LogP contribution in [0.1, 0.15) is 10.4 Å². The van der Waals surface area contributed by atoms with Gasteiger partial charge in [-0.3, -0.25) is 9.69 Å². The second-order valence-corrected chi connectivity index (χ2v) is 8.44. The van der Waals surface area contributed by atoms with Crippen molar-refractivity contribution in [2.75, 3.05) is 70.5 Å². The van der Waals surface area contributed by atoms with Gasteiger partial charge in [0, 0.05) is 51.2 Å². The Morgan fingerprint density at radius 2 is 1.64 bits per heavy atom. The van der Waals surface area contributed by atoms with Gasteiger partial charge in [-0.05, 0) is 24.3 Å². The molecule has 172 valence electrons. The zero-order valence-corrected chi connectivity index (χ0v) is 18.9. The molecule has 7 heteroatoms. The number of fused-ring (bicyclic) bond motifs is 1. The molecule has 5 rings (SSSR count). The van der Waals surface area contributed by atoms with E-state index in [9.17, 15) is 4.79 Å². The van der Waals surface area contributed by atoms with Crippen LogP contribution in [0, 0.1) is 0 Å². The number of benzene rings is 2. The van der Waals surface area contributed by atoms with Crippen molar-refractivity contribution in [3.8, 4) is 5.75 Å². The molecule has 1 aromatic heterocycles. The Balaban J connectivity index is 1.26. The van der Waals surface area contributed by atoms with Crippen LogP contribution in [0.5, 0.6) is 5.75 Å². The highest BCUT2D eigenvalue weighted by molar-refractivity contribution is 6.07. The van der Waals surface area contributed by atoms with E-state index in [1.165, 1.54) is 0 Å². The highest BCUT2D eigenvalue weighted by atomic mass is 16.5. The van der Waals surface area contributed by atoms with Crippen LogP contribution >= 0.6 is 0 Å². The maximum atomic E-state index is 13.3. The molecule has 0 bridgehead atoms. The lowest BCUT2D eigenvalue weighted by Crippen LogP contribution is -2.48. The van der Waals surface area contributed by atoms with E-state index in [-0.39, 0.29) is 5.91 Å². The zero-order chi connectivity index (χ0) is 22.5. The lowest BCUT2D eigenvalue weighted by atomic mass is 10.1. The van der Waals surface area contributed by atoms with Gasteiger partial charge in [0.15, 0.2) is 0 Å². The Morgan fingerprint density at radius 3 is 2.42 bits per heavy atom. The van der Waals surface area contributed by atoms with E-state index in [4.69, 9.17) is 14.5 Å². The summed E-state index contributed by atoms with van der Waals surface area (Å²) in [6.07, 6.45) is 0. The molecule has 0 atom stereocenters. The molecule has 1 amide bonds. The minimum Gasteiger partial charge on any atom is -0.492 e. The first-order chi connectivity index (χ1) is 16.3. The summed E-state index contributed by atoms with van der Waals surface area (Å²) in [7, 11) is 0. The number of nitrogens with zero attached hydrogens (tertiary/aromatic N) is 4. The molecular weight excluding hydrogens is 416 g/mol. The predicted octanol–water partition coefficient (Wildman–Crippen LogP) is 2.91. The number of anilines is 1. The Hall–Kier alpha value is -3.16. The SMILES string of the molecule is O=C(c1cc(N2CCN(CCOc3ccccc3)CC2)nc2ccccc12)N1CCOCC1. The van der Waals surface area contributed by atoms with Gasteiger partial charge in [0.25, 0.3) is 5.91 Å². The topological polar surface area (TPSA) is 58.1 Å². The molecule has 2 aliphatic rings. The number of para-hydroxylation sites is 2. The molecular formula is C26H30N4O3. The number of morpholine rings is 1. The van der Waals surface area contributed by atoms with Gasteiger partial charge in [-0.2, -0.15) is 0 Å². The van der Waals surface area contributed by atoms with Crippen molar-refractivity contribution in [3.63, 3.8) is 0 Å². The first-order valence-electron chi connectivity index (χ1n) is 11.7. The fraction of sp³-hybridized carbons (Fsp3) is 0.385. The highest BCUT2D eigenvalue weighted by Gasteiger charge is 2.24. The third-order valence-electron chi connectivity index (χ3n) is 6.35. The first kappa shape index (κ1) is 21.7. The molecule has 2 saturated heterocycles. The van der Waals surface area contributed by atoms with Gasteiger partial charge in [0.2, 0.25) is 0 Å². The summed E-state index contributed by atoms with van der Waals surface area (Å²) in [5.41, 5.74) is 1.60. The summed E-state index contributed by atoms with van der Waals surface area (Å²) in [4.78, 5) is 24.8. The fourth-order valence-electron chi connectivity index (χ4n) is 4.45. The third-order valence-corrected chi connectivity index (χ3v) is 6.35. The van der Waals surface area contributed by atoms with E-state index in [1.54, 1.807) is 0 Å². The van der Waals surface area contributed by atoms with Gasteiger partial charge < -0.3 is 19.3 Å². The number of aromatic nitrogens is 1. The second kappa shape index (κ2) is 10.2. The van der Waals surface area contributed by atoms with Crippen molar-refractivity contribution in [2.24, 2.45) is 0 Å². The van der Waals surface area contributed by atoms with Crippen molar-refractivity contribution >= 4 is 22.6 Å². The number of hydrogen-bond acceptors (Lipinski definition) is 6. The number of amides is 1. The standard InChI is InChI=1S/C26H30N4O3/c31-26(30-15-17-32-18-16-30)23-20-25(27-24-9-5-4-8-22(23)24)29-12-10-28(11-13-29)14-19-33-21-6-2-1-3-7-21/h1-9,20H,10-19H2. The van der Waals surface area contributed by atoms with Gasteiger partial charge in [0.1, 0.15) is 18.2 Å². The van der Waals surface area contributed by atoms with Crippen molar-refractivity contribution in [1.29, 1.82) is 0 Å². The number of pyridine rings is 1. The molecule has 3 heterocycles. The lowest BCUT2D eigenvalue weighted by molar-refractivity contribution is 0.0304. The van der Waals surface area contributed by atoms with Crippen LogP contribution in [0.2, 0.25) is 0 Å². The van der Waals surface area contributed by atoms with Crippen molar-refractivity contribution in [3.05, 3.63) is 66.2 Å². The normalized spacial score (nSPS) is 17.3. The number of ether oxygens (including phenoxy) is 2. The second-order valence-electron chi connectivity index (χ2n) is 8.44. The van der Waals surface area contributed by atoms with Crippen LogP contribution in [0.4, 0.5) is 5.82 Å². The summed E-state index contributed by atoms with van der Waals surface area (Å²) < 4.78 is 11.3. The van der Waals surface area contributed by atoms with Crippen molar-refractivity contribution in [1.82, 2.24) is 14.8 Å². The molecule has 0 saturated carbocycles. The van der Waals surface area contributed by atoms with Gasteiger partial charge in [-0.1, -0.05) is 36.4 Å². The maximum Gasteiger partial charge on any atom is 0.254 e. The average molecular weight is 447 g/mol. The van der Waals surface area contributed by atoms with E-state index in [0.29, 0.717) is 32.9 Å². The maximum absolute atomic E-state index is 13.3. The molecule has 2 aliphatic heterocycles. The zero-order valence-electron chi connectivity index (χ0n) is 18.9. The summed E-state index contributed by atoms with van der Waals surface area (Å²) in [6.45, 7) is 7.67. The molecule has 0 aliphatic carbocycles. The van der Waals surface area contributed by atoms with Crippen LogP contribution < -0.4 is 9.64 Å². The average Bonchev–Trinajstić information content (AvgIpc) is 2.89. The van der Waals surface area contributed by atoms with E-state index < -0.39 is 0 Å². The quantitative estimate of drug-likeness (QED) is 0.580. The minimum atomic E-state index is 0.0647. The Labute approximate surface area is 194 Å². The first-order valence-corrected chi connectivity index (χ1v) is 11.7. The molecule has 2 aromatic carbocycles. The number of carbonyl (C=O) groups excluding carboxylic acids is 1. The lowest BCUT2D eigenvalue weighted by Gasteiger charge is -2.35. The molecule has 3 aromatic rings. The number of piperazine rings is 1. The van der Waals surface area contributed by atoms with Crippen molar-refractivity contribution in [2.45, 2.75) is 0 Å². The van der Waals surface area contributed by atoms with Crippen LogP contribution in [0.3, 0.4) is 0 Å². The van der Waals surface area contributed by atoms with Gasteiger partial charge in [-0.15, -0.1) is 0 Å². The number of hydrogen-bond donors (Lipinski definition) is 0. The highest BCUT2D eigenvalue weighted by Crippen LogP contribution is 2.25. The molecule has 7 nitrogen and oxygen atoms in total. The Kier molecular flexibility index (Phi) is 6.69. The smallest absolute Gasteiger partial charge is 0.254 e. The monoisotopic (exact) mass is 446 g/mol. The third kappa shape index (κ3) is 5.10. The van der Waals surface area contributed by atoms with Crippen LogP contribution in [0.25, 0.3) is 10.9 Å². The molecule has 33 heavy (non-hydrogen) atoms. The fourth-order valence-corrected chi connectivity index (χ4v) is 4.45. The summed E-state index contributed by atoms with van der Waals surface area (Å²) in [5, 5.41) is 0.912. The van der Waals surface area contributed by atoms with Gasteiger partial charge >= 0.3 is 0 Å². The summed E-state index contributed by atoms with van der Waals surface area (Å²) in [5.74, 6) is 1.86. The van der Waals surface area contributed by atoms with Gasteiger partial charge in [-0.25, -0.2) is 4.98 Å². The van der Waals surface area contributed by atoms with Crippen LogP contribution in [-0.2, 0) is 4.74 Å². The largest absolute Gasteiger partial charge is 0.492 e. The molecule has 0 unspecified atom stereocenters. The summed E-state index contributed by atoms with van der Waals surface area (Å²) in [6, 6.07) is 19.9. The van der Waals surface area contributed by atoms with E-state index >= 15 is 0 Å². The predicted molar refractivity (Wildman–Crippen MR) is 129 cm³/mol. The molecule has 2 fully saturated rings.